The molecule has 0 aliphatic heterocycles. The summed E-state index contributed by atoms with van der Waals surface area (Å²) < 4.78 is 5.54. The van der Waals surface area contributed by atoms with E-state index in [9.17, 15) is 15.0 Å². The first-order chi connectivity index (χ1) is 13.9. The number of aliphatic hydroxyl groups is 1. The maximum absolute atomic E-state index is 11.0. The molecule has 3 aromatic rings. The van der Waals surface area contributed by atoms with Gasteiger partial charge in [-0.05, 0) is 56.1 Å². The summed E-state index contributed by atoms with van der Waals surface area (Å²) in [6.07, 6.45) is 1.00. The molecule has 1 heterocycles. The van der Waals surface area contributed by atoms with Crippen LogP contribution in [0.15, 0.2) is 48.7 Å². The van der Waals surface area contributed by atoms with E-state index in [0.717, 1.165) is 28.5 Å². The Hall–Kier alpha value is -3.03. The second kappa shape index (κ2) is 8.98. The molecule has 3 atom stereocenters. The van der Waals surface area contributed by atoms with E-state index in [1.807, 2.05) is 25.3 Å². The van der Waals surface area contributed by atoms with E-state index in [1.165, 1.54) is 6.92 Å². The number of carboxylic acids is 1. The first-order valence-electron chi connectivity index (χ1n) is 9.55. The highest BCUT2D eigenvalue weighted by molar-refractivity contribution is 5.88. The molecule has 0 bridgehead atoms. The van der Waals surface area contributed by atoms with Crippen molar-refractivity contribution in [3.63, 3.8) is 0 Å². The summed E-state index contributed by atoms with van der Waals surface area (Å²) in [5.41, 5.74) is 2.59. The van der Waals surface area contributed by atoms with Crippen molar-refractivity contribution in [3.8, 4) is 11.5 Å². The third-order valence-corrected chi connectivity index (χ3v) is 4.98. The number of fused-ring (bicyclic) bond motifs is 1. The van der Waals surface area contributed by atoms with Gasteiger partial charge >= 0.3 is 5.97 Å². The van der Waals surface area contributed by atoms with Crippen LogP contribution in [0.3, 0.4) is 0 Å². The van der Waals surface area contributed by atoms with Crippen molar-refractivity contribution >= 4 is 16.9 Å². The number of para-hydroxylation sites is 1. The number of hydrogen-bond acceptors (Lipinski definition) is 5. The molecule has 0 fully saturated rings. The molecule has 5 N–H and O–H groups in total. The molecule has 0 amide bonds. The standard InChI is InChI=1S/C22H26N2O5/c1-13(21(26)15-6-8-17(25)9-7-15)23-11-10-16-12-24-20-18(16)4-3-5-19(20)29-14(2)22(27)28/h3-9,12-14,21,23-26H,10-11H2,1-2H3,(H,27,28)/t13-,14+,21-/m0/s1. The number of aromatic hydroxyl groups is 1. The van der Waals surface area contributed by atoms with E-state index in [2.05, 4.69) is 10.3 Å². The topological polar surface area (TPSA) is 115 Å². The van der Waals surface area contributed by atoms with Gasteiger partial charge in [-0.1, -0.05) is 24.3 Å². The van der Waals surface area contributed by atoms with Crippen molar-refractivity contribution in [1.82, 2.24) is 10.3 Å². The lowest BCUT2D eigenvalue weighted by molar-refractivity contribution is -0.144. The summed E-state index contributed by atoms with van der Waals surface area (Å²) >= 11 is 0. The van der Waals surface area contributed by atoms with E-state index < -0.39 is 18.2 Å². The molecular weight excluding hydrogens is 372 g/mol. The predicted octanol–water partition coefficient (Wildman–Crippen LogP) is 2.98. The number of carboxylic acid groups (broad SMARTS) is 1. The number of nitrogens with one attached hydrogen (secondary N) is 2. The van der Waals surface area contributed by atoms with Gasteiger partial charge in [0, 0.05) is 17.6 Å². The van der Waals surface area contributed by atoms with E-state index >= 15 is 0 Å². The highest BCUT2D eigenvalue weighted by atomic mass is 16.5. The van der Waals surface area contributed by atoms with Gasteiger partial charge in [0.25, 0.3) is 0 Å². The van der Waals surface area contributed by atoms with E-state index in [1.54, 1.807) is 30.3 Å². The Morgan fingerprint density at radius 1 is 1.17 bits per heavy atom. The fourth-order valence-corrected chi connectivity index (χ4v) is 3.24. The number of phenolic OH excluding ortho intramolecular Hbond substituents is 1. The summed E-state index contributed by atoms with van der Waals surface area (Å²) in [6, 6.07) is 11.9. The number of hydrogen-bond donors (Lipinski definition) is 5. The monoisotopic (exact) mass is 398 g/mol. The Balaban J connectivity index is 1.62. The van der Waals surface area contributed by atoms with Gasteiger partial charge in [0.05, 0.1) is 11.6 Å². The summed E-state index contributed by atoms with van der Waals surface area (Å²) in [5.74, 6) is -0.339. The number of phenols is 1. The number of aromatic amines is 1. The summed E-state index contributed by atoms with van der Waals surface area (Å²) in [4.78, 5) is 14.2. The van der Waals surface area contributed by atoms with Gasteiger partial charge < -0.3 is 30.4 Å². The quantitative estimate of drug-likeness (QED) is 0.379. The second-order valence-electron chi connectivity index (χ2n) is 7.12. The largest absolute Gasteiger partial charge is 0.508 e. The van der Waals surface area contributed by atoms with Gasteiger partial charge in [0.15, 0.2) is 6.10 Å². The van der Waals surface area contributed by atoms with Gasteiger partial charge in [-0.25, -0.2) is 4.79 Å². The van der Waals surface area contributed by atoms with Crippen LogP contribution in [-0.4, -0.2) is 45.0 Å². The van der Waals surface area contributed by atoms with Crippen molar-refractivity contribution < 1.29 is 24.9 Å². The lowest BCUT2D eigenvalue weighted by Crippen LogP contribution is -2.33. The van der Waals surface area contributed by atoms with Crippen LogP contribution in [0.2, 0.25) is 0 Å². The molecular formula is C22H26N2O5. The van der Waals surface area contributed by atoms with Crippen LogP contribution in [0.1, 0.15) is 31.1 Å². The number of aromatic nitrogens is 1. The smallest absolute Gasteiger partial charge is 0.344 e. The number of ether oxygens (including phenoxy) is 1. The summed E-state index contributed by atoms with van der Waals surface area (Å²) in [6.45, 7) is 4.06. The molecule has 0 spiro atoms. The highest BCUT2D eigenvalue weighted by Gasteiger charge is 2.17. The van der Waals surface area contributed by atoms with Crippen molar-refractivity contribution in [3.05, 3.63) is 59.8 Å². The molecule has 3 rings (SSSR count). The SMILES string of the molecule is C[C@H](NCCc1c[nH]c2c(O[C@H](C)C(=O)O)cccc12)[C@H](O)c1ccc(O)cc1. The molecule has 0 aliphatic carbocycles. The minimum absolute atomic E-state index is 0.167. The lowest BCUT2D eigenvalue weighted by atomic mass is 10.0. The van der Waals surface area contributed by atoms with Crippen LogP contribution in [0.25, 0.3) is 10.9 Å². The molecule has 1 aromatic heterocycles. The Morgan fingerprint density at radius 2 is 1.90 bits per heavy atom. The van der Waals surface area contributed by atoms with Crippen molar-refractivity contribution in [1.29, 1.82) is 0 Å². The molecule has 0 saturated heterocycles. The minimum Gasteiger partial charge on any atom is -0.508 e. The molecule has 2 aromatic carbocycles. The van der Waals surface area contributed by atoms with Crippen molar-refractivity contribution in [2.24, 2.45) is 0 Å². The third-order valence-electron chi connectivity index (χ3n) is 4.98. The molecule has 0 aliphatic rings. The predicted molar refractivity (Wildman–Crippen MR) is 110 cm³/mol. The number of benzene rings is 2. The lowest BCUT2D eigenvalue weighted by Gasteiger charge is -2.20. The molecule has 7 heteroatoms. The fourth-order valence-electron chi connectivity index (χ4n) is 3.24. The maximum Gasteiger partial charge on any atom is 0.344 e. The number of aliphatic hydroxyl groups excluding tert-OH is 1. The Morgan fingerprint density at radius 3 is 2.59 bits per heavy atom. The van der Waals surface area contributed by atoms with Gasteiger partial charge in [-0.2, -0.15) is 0 Å². The molecule has 0 unspecified atom stereocenters. The first kappa shape index (κ1) is 20.7. The van der Waals surface area contributed by atoms with Crippen LogP contribution >= 0.6 is 0 Å². The van der Waals surface area contributed by atoms with Crippen LogP contribution in [0, 0.1) is 0 Å². The second-order valence-corrected chi connectivity index (χ2v) is 7.12. The average Bonchev–Trinajstić information content (AvgIpc) is 3.12. The van der Waals surface area contributed by atoms with Gasteiger partial charge in [-0.15, -0.1) is 0 Å². The van der Waals surface area contributed by atoms with E-state index in [-0.39, 0.29) is 11.8 Å². The number of rotatable bonds is 9. The first-order valence-corrected chi connectivity index (χ1v) is 9.55. The zero-order valence-corrected chi connectivity index (χ0v) is 16.4. The molecule has 0 saturated carbocycles. The van der Waals surface area contributed by atoms with Crippen molar-refractivity contribution in [2.75, 3.05) is 6.54 Å². The Bertz CT molecular complexity index is 967. The molecule has 154 valence electrons. The highest BCUT2D eigenvalue weighted by Crippen LogP contribution is 2.28. The summed E-state index contributed by atoms with van der Waals surface area (Å²) in [5, 5.41) is 33.2. The average molecular weight is 398 g/mol. The van der Waals surface area contributed by atoms with Crippen molar-refractivity contribution in [2.45, 2.75) is 38.5 Å². The van der Waals surface area contributed by atoms with Gasteiger partial charge in [-0.3, -0.25) is 0 Å². The zero-order valence-electron chi connectivity index (χ0n) is 16.4. The molecule has 7 nitrogen and oxygen atoms in total. The third kappa shape index (κ3) is 4.88. The number of aliphatic carboxylic acids is 1. The minimum atomic E-state index is -1.01. The van der Waals surface area contributed by atoms with Crippen LogP contribution in [0.4, 0.5) is 0 Å². The Kier molecular flexibility index (Phi) is 6.41. The number of H-pyrrole nitrogens is 1. The molecule has 0 radical (unpaired) electrons. The van der Waals surface area contributed by atoms with Crippen LogP contribution in [-0.2, 0) is 11.2 Å². The van der Waals surface area contributed by atoms with Gasteiger partial charge in [0.2, 0.25) is 0 Å². The normalized spacial score (nSPS) is 14.4. The maximum atomic E-state index is 11.0. The Labute approximate surface area is 169 Å². The zero-order chi connectivity index (χ0) is 21.0. The summed E-state index contributed by atoms with van der Waals surface area (Å²) in [7, 11) is 0. The fraction of sp³-hybridized carbons (Fsp3) is 0.318. The molecule has 29 heavy (non-hydrogen) atoms. The van der Waals surface area contributed by atoms with Crippen LogP contribution in [0.5, 0.6) is 11.5 Å². The van der Waals surface area contributed by atoms with E-state index in [4.69, 9.17) is 9.84 Å². The number of carbonyl (C=O) groups is 1. The van der Waals surface area contributed by atoms with Gasteiger partial charge in [0.1, 0.15) is 11.5 Å². The van der Waals surface area contributed by atoms with Crippen LogP contribution < -0.4 is 10.1 Å². The van der Waals surface area contributed by atoms with E-state index in [0.29, 0.717) is 12.3 Å².